The number of amides is 1. The van der Waals surface area contributed by atoms with Crippen LogP contribution >= 0.6 is 24.8 Å². The van der Waals surface area contributed by atoms with Crippen LogP contribution in [0.15, 0.2) is 40.9 Å². The Bertz CT molecular complexity index is 698. The van der Waals surface area contributed by atoms with Gasteiger partial charge in [-0.05, 0) is 25.9 Å². The third-order valence-corrected chi connectivity index (χ3v) is 4.95. The average molecular weight is 430 g/mol. The van der Waals surface area contributed by atoms with E-state index in [2.05, 4.69) is 15.6 Å². The fourth-order valence-electron chi connectivity index (χ4n) is 3.39. The molecule has 1 aliphatic rings. The van der Waals surface area contributed by atoms with Crippen LogP contribution in [0.1, 0.15) is 25.2 Å². The summed E-state index contributed by atoms with van der Waals surface area (Å²) in [6, 6.07) is 9.84. The molecule has 0 saturated carbocycles. The number of hydrogen-bond donors (Lipinski definition) is 2. The Balaban J connectivity index is 0.00000196. The summed E-state index contributed by atoms with van der Waals surface area (Å²) in [4.78, 5) is 16.5. The summed E-state index contributed by atoms with van der Waals surface area (Å²) in [6.45, 7) is 3.27. The van der Waals surface area contributed by atoms with Gasteiger partial charge in [0, 0.05) is 37.5 Å². The van der Waals surface area contributed by atoms with E-state index >= 15 is 0 Å². The molecule has 1 aromatic heterocycles. The minimum Gasteiger partial charge on any atom is -0.441 e. The molecule has 8 heteroatoms. The van der Waals surface area contributed by atoms with Crippen molar-refractivity contribution >= 4 is 30.7 Å². The van der Waals surface area contributed by atoms with E-state index in [-0.39, 0.29) is 36.1 Å². The van der Waals surface area contributed by atoms with Crippen LogP contribution < -0.4 is 10.6 Å². The lowest BCUT2D eigenvalue weighted by Gasteiger charge is -2.37. The number of aryl methyl sites for hydroxylation is 1. The highest BCUT2D eigenvalue weighted by molar-refractivity contribution is 5.85. The number of carbonyl (C=O) groups is 1. The molecule has 1 amide bonds. The van der Waals surface area contributed by atoms with Gasteiger partial charge in [-0.1, -0.05) is 30.3 Å². The average Bonchev–Trinajstić information content (AvgIpc) is 3.16. The standard InChI is InChI=1S/C20H27N3O3.2ClH/c1-25-15-20(9-11-21-12-10-20)14-23-18(24)7-8-19-22-13-17(26-19)16-5-3-2-4-6-16;;/h2-6,13,21H,7-12,14-15H2,1H3,(H,23,24);2*1H. The van der Waals surface area contributed by atoms with Crippen LogP contribution in [0.3, 0.4) is 0 Å². The molecule has 0 bridgehead atoms. The molecule has 156 valence electrons. The van der Waals surface area contributed by atoms with E-state index in [4.69, 9.17) is 9.15 Å². The van der Waals surface area contributed by atoms with E-state index in [1.807, 2.05) is 30.3 Å². The lowest BCUT2D eigenvalue weighted by Crippen LogP contribution is -2.47. The zero-order valence-corrected chi connectivity index (χ0v) is 17.7. The Morgan fingerprint density at radius 2 is 1.96 bits per heavy atom. The molecule has 1 aromatic carbocycles. The molecule has 0 radical (unpaired) electrons. The molecule has 2 aromatic rings. The summed E-state index contributed by atoms with van der Waals surface area (Å²) in [7, 11) is 1.72. The van der Waals surface area contributed by atoms with E-state index in [1.54, 1.807) is 13.3 Å². The molecule has 2 heterocycles. The van der Waals surface area contributed by atoms with Crippen molar-refractivity contribution in [3.8, 4) is 11.3 Å². The summed E-state index contributed by atoms with van der Waals surface area (Å²) in [5.74, 6) is 1.35. The van der Waals surface area contributed by atoms with Crippen LogP contribution in [0.4, 0.5) is 0 Å². The first kappa shape index (κ1) is 24.4. The smallest absolute Gasteiger partial charge is 0.220 e. The Morgan fingerprint density at radius 1 is 1.25 bits per heavy atom. The molecular formula is C20H29Cl2N3O3. The van der Waals surface area contributed by atoms with Crippen molar-refractivity contribution in [2.24, 2.45) is 5.41 Å². The zero-order valence-electron chi connectivity index (χ0n) is 16.1. The van der Waals surface area contributed by atoms with E-state index < -0.39 is 0 Å². The lowest BCUT2D eigenvalue weighted by molar-refractivity contribution is -0.122. The molecule has 0 aliphatic carbocycles. The summed E-state index contributed by atoms with van der Waals surface area (Å²) in [6.07, 6.45) is 4.61. The normalized spacial score (nSPS) is 15.2. The molecule has 1 saturated heterocycles. The first-order valence-electron chi connectivity index (χ1n) is 9.17. The number of nitrogens with one attached hydrogen (secondary N) is 2. The number of rotatable bonds is 8. The SMILES string of the molecule is COCC1(CNC(=O)CCc2ncc(-c3ccccc3)o2)CCNCC1.Cl.Cl. The number of benzene rings is 1. The van der Waals surface area contributed by atoms with E-state index in [1.165, 1.54) is 0 Å². The summed E-state index contributed by atoms with van der Waals surface area (Å²) in [5.41, 5.74) is 1.03. The topological polar surface area (TPSA) is 76.4 Å². The van der Waals surface area contributed by atoms with Crippen LogP contribution in [0.5, 0.6) is 0 Å². The number of hydrogen-bond acceptors (Lipinski definition) is 5. The lowest BCUT2D eigenvalue weighted by atomic mass is 9.79. The van der Waals surface area contributed by atoms with Gasteiger partial charge in [-0.2, -0.15) is 0 Å². The molecule has 2 N–H and O–H groups in total. The van der Waals surface area contributed by atoms with Crippen molar-refractivity contribution in [2.75, 3.05) is 33.4 Å². The van der Waals surface area contributed by atoms with Crippen LogP contribution in [-0.4, -0.2) is 44.2 Å². The number of carbonyl (C=O) groups excluding carboxylic acids is 1. The fourth-order valence-corrected chi connectivity index (χ4v) is 3.39. The van der Waals surface area contributed by atoms with Gasteiger partial charge in [-0.3, -0.25) is 4.79 Å². The Morgan fingerprint density at radius 3 is 2.64 bits per heavy atom. The molecule has 0 atom stereocenters. The van der Waals surface area contributed by atoms with Gasteiger partial charge in [0.1, 0.15) is 0 Å². The molecule has 0 unspecified atom stereocenters. The van der Waals surface area contributed by atoms with Crippen molar-refractivity contribution in [3.63, 3.8) is 0 Å². The third-order valence-electron chi connectivity index (χ3n) is 4.95. The molecule has 3 rings (SSSR count). The van der Waals surface area contributed by atoms with Crippen molar-refractivity contribution in [3.05, 3.63) is 42.4 Å². The van der Waals surface area contributed by atoms with E-state index in [0.717, 1.165) is 37.3 Å². The number of nitrogens with zero attached hydrogens (tertiary/aromatic N) is 1. The van der Waals surface area contributed by atoms with Gasteiger partial charge in [-0.15, -0.1) is 24.8 Å². The maximum atomic E-state index is 12.2. The largest absolute Gasteiger partial charge is 0.441 e. The predicted octanol–water partition coefficient (Wildman–Crippen LogP) is 3.25. The molecule has 6 nitrogen and oxygen atoms in total. The Kier molecular flexibility index (Phi) is 10.5. The number of ether oxygens (including phenoxy) is 1. The van der Waals surface area contributed by atoms with Crippen molar-refractivity contribution < 1.29 is 13.9 Å². The first-order chi connectivity index (χ1) is 12.7. The number of methoxy groups -OCH3 is 1. The quantitative estimate of drug-likeness (QED) is 0.673. The number of piperidine rings is 1. The minimum atomic E-state index is 0. The van der Waals surface area contributed by atoms with Crippen LogP contribution in [0.2, 0.25) is 0 Å². The first-order valence-corrected chi connectivity index (χ1v) is 9.17. The third kappa shape index (κ3) is 6.78. The van der Waals surface area contributed by atoms with Gasteiger partial charge in [0.15, 0.2) is 11.7 Å². The predicted molar refractivity (Wildman–Crippen MR) is 114 cm³/mol. The summed E-state index contributed by atoms with van der Waals surface area (Å²) >= 11 is 0. The molecule has 28 heavy (non-hydrogen) atoms. The van der Waals surface area contributed by atoms with Crippen molar-refractivity contribution in [1.29, 1.82) is 0 Å². The molecule has 0 spiro atoms. The minimum absolute atomic E-state index is 0. The van der Waals surface area contributed by atoms with Crippen LogP contribution in [0, 0.1) is 5.41 Å². The number of oxazole rings is 1. The number of halogens is 2. The van der Waals surface area contributed by atoms with Crippen molar-refractivity contribution in [1.82, 2.24) is 15.6 Å². The Labute approximate surface area is 178 Å². The Hall–Kier alpha value is -1.60. The highest BCUT2D eigenvalue weighted by atomic mass is 35.5. The second-order valence-electron chi connectivity index (χ2n) is 6.94. The van der Waals surface area contributed by atoms with Crippen LogP contribution in [0.25, 0.3) is 11.3 Å². The van der Waals surface area contributed by atoms with Gasteiger partial charge in [0.25, 0.3) is 0 Å². The molecule has 1 aliphatic heterocycles. The molecular weight excluding hydrogens is 401 g/mol. The zero-order chi connectivity index (χ0) is 18.2. The fraction of sp³-hybridized carbons (Fsp3) is 0.500. The monoisotopic (exact) mass is 429 g/mol. The summed E-state index contributed by atoms with van der Waals surface area (Å²) < 4.78 is 11.1. The second kappa shape index (κ2) is 12.1. The highest BCUT2D eigenvalue weighted by Gasteiger charge is 2.32. The van der Waals surface area contributed by atoms with Gasteiger partial charge in [0.2, 0.25) is 5.91 Å². The number of aromatic nitrogens is 1. The van der Waals surface area contributed by atoms with E-state index in [0.29, 0.717) is 31.9 Å². The van der Waals surface area contributed by atoms with Gasteiger partial charge >= 0.3 is 0 Å². The van der Waals surface area contributed by atoms with Crippen molar-refractivity contribution in [2.45, 2.75) is 25.7 Å². The van der Waals surface area contributed by atoms with E-state index in [9.17, 15) is 4.79 Å². The highest BCUT2D eigenvalue weighted by Crippen LogP contribution is 2.28. The maximum Gasteiger partial charge on any atom is 0.220 e. The molecule has 1 fully saturated rings. The van der Waals surface area contributed by atoms with Gasteiger partial charge in [0.05, 0.1) is 12.8 Å². The van der Waals surface area contributed by atoms with Gasteiger partial charge < -0.3 is 19.8 Å². The summed E-state index contributed by atoms with van der Waals surface area (Å²) in [5, 5.41) is 6.43. The van der Waals surface area contributed by atoms with Gasteiger partial charge in [-0.25, -0.2) is 4.98 Å². The second-order valence-corrected chi connectivity index (χ2v) is 6.94. The van der Waals surface area contributed by atoms with Crippen LogP contribution in [-0.2, 0) is 16.0 Å². The maximum absolute atomic E-state index is 12.2.